The summed E-state index contributed by atoms with van der Waals surface area (Å²) in [5.74, 6) is 0. The second-order valence-corrected chi connectivity index (χ2v) is 5.86. The molecule has 1 rings (SSSR count). The Balaban J connectivity index is 2.47. The van der Waals surface area contributed by atoms with Gasteiger partial charge in [0.25, 0.3) is 0 Å². The average Bonchev–Trinajstić information content (AvgIpc) is 2.27. The van der Waals surface area contributed by atoms with Crippen LogP contribution >= 0.6 is 11.8 Å². The number of hydrogen-bond acceptors (Lipinski definition) is 3. The van der Waals surface area contributed by atoms with Gasteiger partial charge in [0, 0.05) is 29.7 Å². The number of pyridine rings is 1. The van der Waals surface area contributed by atoms with Gasteiger partial charge in [0.1, 0.15) is 0 Å². The van der Waals surface area contributed by atoms with Gasteiger partial charge in [-0.05, 0) is 44.7 Å². The van der Waals surface area contributed by atoms with Gasteiger partial charge in [0.05, 0.1) is 0 Å². The maximum atomic E-state index is 4.02. The molecule has 0 aliphatic rings. The SMILES string of the molecule is CSC(C)(C)CNC(C)c1ccncc1. The number of thioether (sulfide) groups is 1. The molecule has 0 aliphatic heterocycles. The quantitative estimate of drug-likeness (QED) is 0.832. The zero-order chi connectivity index (χ0) is 11.3. The Morgan fingerprint density at radius 1 is 1.40 bits per heavy atom. The molecule has 0 aromatic carbocycles. The molecule has 1 N–H and O–H groups in total. The van der Waals surface area contributed by atoms with Crippen molar-refractivity contribution in [2.24, 2.45) is 0 Å². The minimum Gasteiger partial charge on any atom is -0.309 e. The summed E-state index contributed by atoms with van der Waals surface area (Å²) < 4.78 is 0.293. The summed E-state index contributed by atoms with van der Waals surface area (Å²) in [5.41, 5.74) is 1.29. The first-order chi connectivity index (χ1) is 7.05. The van der Waals surface area contributed by atoms with Crippen molar-refractivity contribution in [1.82, 2.24) is 10.3 Å². The molecule has 2 nitrogen and oxygen atoms in total. The zero-order valence-electron chi connectivity index (χ0n) is 9.95. The van der Waals surface area contributed by atoms with Gasteiger partial charge in [0.2, 0.25) is 0 Å². The largest absolute Gasteiger partial charge is 0.309 e. The standard InChI is InChI=1S/C12H20N2S/c1-10(11-5-7-13-8-6-11)14-9-12(2,3)15-4/h5-8,10,14H,9H2,1-4H3. The second-order valence-electron chi connectivity index (χ2n) is 4.35. The molecule has 0 radical (unpaired) electrons. The van der Waals surface area contributed by atoms with E-state index in [2.05, 4.69) is 49.5 Å². The molecule has 1 heterocycles. The van der Waals surface area contributed by atoms with Crippen molar-refractivity contribution in [1.29, 1.82) is 0 Å². The smallest absolute Gasteiger partial charge is 0.0293 e. The number of nitrogens with zero attached hydrogens (tertiary/aromatic N) is 1. The molecular formula is C12H20N2S. The van der Waals surface area contributed by atoms with Crippen LogP contribution in [0.5, 0.6) is 0 Å². The second kappa shape index (κ2) is 5.52. The normalized spacial score (nSPS) is 13.9. The van der Waals surface area contributed by atoms with Gasteiger partial charge in [-0.25, -0.2) is 0 Å². The van der Waals surface area contributed by atoms with E-state index in [4.69, 9.17) is 0 Å². The summed E-state index contributed by atoms with van der Waals surface area (Å²) in [6.07, 6.45) is 5.83. The lowest BCUT2D eigenvalue weighted by atomic mass is 10.1. The molecule has 0 aliphatic carbocycles. The monoisotopic (exact) mass is 224 g/mol. The van der Waals surface area contributed by atoms with E-state index >= 15 is 0 Å². The van der Waals surface area contributed by atoms with E-state index in [0.717, 1.165) is 6.54 Å². The van der Waals surface area contributed by atoms with Crippen LogP contribution in [0.15, 0.2) is 24.5 Å². The minimum absolute atomic E-state index is 0.293. The molecule has 3 heteroatoms. The molecule has 0 bridgehead atoms. The van der Waals surface area contributed by atoms with Gasteiger partial charge >= 0.3 is 0 Å². The predicted molar refractivity (Wildman–Crippen MR) is 68.2 cm³/mol. The molecule has 0 fully saturated rings. The molecule has 1 aromatic heterocycles. The van der Waals surface area contributed by atoms with Crippen LogP contribution in [0.4, 0.5) is 0 Å². The lowest BCUT2D eigenvalue weighted by molar-refractivity contribution is 0.522. The third-order valence-corrected chi connectivity index (χ3v) is 3.84. The lowest BCUT2D eigenvalue weighted by Crippen LogP contribution is -2.33. The van der Waals surface area contributed by atoms with E-state index < -0.39 is 0 Å². The van der Waals surface area contributed by atoms with Crippen LogP contribution in [-0.2, 0) is 0 Å². The van der Waals surface area contributed by atoms with Crippen LogP contribution in [0.1, 0.15) is 32.4 Å². The van der Waals surface area contributed by atoms with Crippen LogP contribution < -0.4 is 5.32 Å². The van der Waals surface area contributed by atoms with Crippen molar-refractivity contribution in [3.63, 3.8) is 0 Å². The van der Waals surface area contributed by atoms with Gasteiger partial charge in [-0.1, -0.05) is 0 Å². The highest BCUT2D eigenvalue weighted by Crippen LogP contribution is 2.21. The van der Waals surface area contributed by atoms with Gasteiger partial charge in [-0.3, -0.25) is 4.98 Å². The van der Waals surface area contributed by atoms with Gasteiger partial charge in [0.15, 0.2) is 0 Å². The molecule has 15 heavy (non-hydrogen) atoms. The summed E-state index contributed by atoms with van der Waals surface area (Å²) in [5, 5.41) is 3.54. The summed E-state index contributed by atoms with van der Waals surface area (Å²) in [6, 6.07) is 4.51. The lowest BCUT2D eigenvalue weighted by Gasteiger charge is -2.25. The Morgan fingerprint density at radius 2 is 2.00 bits per heavy atom. The van der Waals surface area contributed by atoms with E-state index in [0.29, 0.717) is 10.8 Å². The Bertz CT molecular complexity index is 285. The van der Waals surface area contributed by atoms with E-state index in [1.54, 1.807) is 0 Å². The third kappa shape index (κ3) is 4.22. The first-order valence-electron chi connectivity index (χ1n) is 5.23. The molecule has 1 atom stereocenters. The first-order valence-corrected chi connectivity index (χ1v) is 6.46. The third-order valence-electron chi connectivity index (χ3n) is 2.59. The maximum Gasteiger partial charge on any atom is 0.0293 e. The summed E-state index contributed by atoms with van der Waals surface area (Å²) in [6.45, 7) is 7.71. The Labute approximate surface area is 96.9 Å². The van der Waals surface area contributed by atoms with Crippen LogP contribution in [0, 0.1) is 0 Å². The Hall–Kier alpha value is -0.540. The number of nitrogens with one attached hydrogen (secondary N) is 1. The molecular weight excluding hydrogens is 204 g/mol. The molecule has 0 amide bonds. The van der Waals surface area contributed by atoms with Gasteiger partial charge in [-0.2, -0.15) is 11.8 Å². The molecule has 0 saturated heterocycles. The van der Waals surface area contributed by atoms with Crippen molar-refractivity contribution in [2.75, 3.05) is 12.8 Å². The van der Waals surface area contributed by atoms with Crippen molar-refractivity contribution in [2.45, 2.75) is 31.6 Å². The Morgan fingerprint density at radius 3 is 2.53 bits per heavy atom. The molecule has 0 saturated carbocycles. The molecule has 1 aromatic rings. The fourth-order valence-corrected chi connectivity index (χ4v) is 1.47. The highest BCUT2D eigenvalue weighted by atomic mass is 32.2. The van der Waals surface area contributed by atoms with Crippen LogP contribution in [0.25, 0.3) is 0 Å². The van der Waals surface area contributed by atoms with E-state index in [-0.39, 0.29) is 0 Å². The van der Waals surface area contributed by atoms with Crippen molar-refractivity contribution in [3.05, 3.63) is 30.1 Å². The topological polar surface area (TPSA) is 24.9 Å². The summed E-state index contributed by atoms with van der Waals surface area (Å²) in [7, 11) is 0. The first kappa shape index (κ1) is 12.5. The number of rotatable bonds is 5. The zero-order valence-corrected chi connectivity index (χ0v) is 10.8. The van der Waals surface area contributed by atoms with Crippen molar-refractivity contribution < 1.29 is 0 Å². The van der Waals surface area contributed by atoms with E-state index in [1.807, 2.05) is 24.2 Å². The van der Waals surface area contributed by atoms with Crippen LogP contribution in [0.2, 0.25) is 0 Å². The maximum absolute atomic E-state index is 4.02. The molecule has 1 unspecified atom stereocenters. The Kier molecular flexibility index (Phi) is 4.61. The molecule has 0 spiro atoms. The van der Waals surface area contributed by atoms with Crippen molar-refractivity contribution in [3.8, 4) is 0 Å². The van der Waals surface area contributed by atoms with Crippen molar-refractivity contribution >= 4 is 11.8 Å². The van der Waals surface area contributed by atoms with E-state index in [9.17, 15) is 0 Å². The predicted octanol–water partition coefficient (Wildman–Crippen LogP) is 2.87. The summed E-state index contributed by atoms with van der Waals surface area (Å²) >= 11 is 1.89. The van der Waals surface area contributed by atoms with Gasteiger partial charge in [-0.15, -0.1) is 0 Å². The number of aromatic nitrogens is 1. The highest BCUT2D eigenvalue weighted by molar-refractivity contribution is 7.99. The summed E-state index contributed by atoms with van der Waals surface area (Å²) in [4.78, 5) is 4.02. The highest BCUT2D eigenvalue weighted by Gasteiger charge is 2.16. The molecule has 84 valence electrons. The average molecular weight is 224 g/mol. The minimum atomic E-state index is 0.293. The fraction of sp³-hybridized carbons (Fsp3) is 0.583. The van der Waals surface area contributed by atoms with Crippen LogP contribution in [-0.4, -0.2) is 22.5 Å². The fourth-order valence-electron chi connectivity index (χ4n) is 1.24. The number of hydrogen-bond donors (Lipinski definition) is 1. The van der Waals surface area contributed by atoms with E-state index in [1.165, 1.54) is 5.56 Å². The van der Waals surface area contributed by atoms with Gasteiger partial charge < -0.3 is 5.32 Å². The van der Waals surface area contributed by atoms with Crippen LogP contribution in [0.3, 0.4) is 0 Å².